The topological polar surface area (TPSA) is 80.5 Å². The zero-order valence-corrected chi connectivity index (χ0v) is 13.9. The average Bonchev–Trinajstić information content (AvgIpc) is 2.73. The lowest BCUT2D eigenvalue weighted by atomic mass is 9.70. The molecule has 0 aromatic heterocycles. The second kappa shape index (κ2) is 5.07. The van der Waals surface area contributed by atoms with E-state index < -0.39 is 15.3 Å². The summed E-state index contributed by atoms with van der Waals surface area (Å²) in [4.78, 5) is 14.0. The Bertz CT molecular complexity index is 668. The van der Waals surface area contributed by atoms with Gasteiger partial charge in [0.2, 0.25) is 15.9 Å². The molecule has 114 valence electrons. The molecule has 3 rings (SSSR count). The van der Waals surface area contributed by atoms with E-state index in [2.05, 4.69) is 15.9 Å². The molecule has 2 N–H and O–H groups in total. The van der Waals surface area contributed by atoms with Crippen LogP contribution in [-0.4, -0.2) is 31.0 Å². The molecule has 1 unspecified atom stereocenters. The fourth-order valence-electron chi connectivity index (χ4n) is 3.29. The minimum atomic E-state index is -3.67. The number of hydrogen-bond donors (Lipinski definition) is 1. The Kier molecular flexibility index (Phi) is 3.62. The monoisotopic (exact) mass is 372 g/mol. The number of nitrogens with zero attached hydrogens (tertiary/aromatic N) is 1. The second-order valence-electron chi connectivity index (χ2n) is 5.81. The number of likely N-dealkylation sites (tertiary alicyclic amines) is 1. The van der Waals surface area contributed by atoms with E-state index in [9.17, 15) is 13.2 Å². The maximum absolute atomic E-state index is 12.3. The quantitative estimate of drug-likeness (QED) is 0.876. The molecule has 1 saturated heterocycles. The molecule has 21 heavy (non-hydrogen) atoms. The van der Waals surface area contributed by atoms with E-state index in [4.69, 9.17) is 5.14 Å². The minimum absolute atomic E-state index is 0.00287. The number of benzene rings is 1. The van der Waals surface area contributed by atoms with E-state index in [1.807, 2.05) is 24.3 Å². The summed E-state index contributed by atoms with van der Waals surface area (Å²) in [6.45, 7) is 0.202. The average molecular weight is 373 g/mol. The van der Waals surface area contributed by atoms with Crippen molar-refractivity contribution in [3.8, 4) is 0 Å². The Labute approximate surface area is 132 Å². The maximum Gasteiger partial charge on any atom is 0.224 e. The Balaban J connectivity index is 1.93. The first kappa shape index (κ1) is 15.0. The zero-order valence-electron chi connectivity index (χ0n) is 11.5. The number of amides is 1. The summed E-state index contributed by atoms with van der Waals surface area (Å²) in [6.07, 6.45) is 2.78. The highest BCUT2D eigenvalue weighted by Crippen LogP contribution is 2.48. The van der Waals surface area contributed by atoms with Gasteiger partial charge in [0.25, 0.3) is 0 Å². The molecule has 7 heteroatoms. The Hall–Kier alpha value is -0.920. The number of primary sulfonamides is 1. The van der Waals surface area contributed by atoms with Gasteiger partial charge in [-0.15, -0.1) is 0 Å². The number of rotatable bonds is 3. The normalized spacial score (nSPS) is 25.0. The molecule has 5 nitrogen and oxygen atoms in total. The molecular weight excluding hydrogens is 356 g/mol. The summed E-state index contributed by atoms with van der Waals surface area (Å²) in [6, 6.07) is 7.90. The van der Waals surface area contributed by atoms with Crippen molar-refractivity contribution < 1.29 is 13.2 Å². The largest absolute Gasteiger partial charge is 0.332 e. The fourth-order valence-corrected chi connectivity index (χ4v) is 4.29. The van der Waals surface area contributed by atoms with Crippen LogP contribution in [0.3, 0.4) is 0 Å². The van der Waals surface area contributed by atoms with Gasteiger partial charge < -0.3 is 4.90 Å². The van der Waals surface area contributed by atoms with Gasteiger partial charge in [-0.05, 0) is 37.0 Å². The molecule has 1 aromatic rings. The first-order valence-electron chi connectivity index (χ1n) is 6.91. The molecule has 1 aliphatic heterocycles. The van der Waals surface area contributed by atoms with Gasteiger partial charge in [0.05, 0.1) is 5.54 Å². The van der Waals surface area contributed by atoms with Gasteiger partial charge >= 0.3 is 0 Å². The van der Waals surface area contributed by atoms with Gasteiger partial charge in [0, 0.05) is 17.4 Å². The lowest BCUT2D eigenvalue weighted by Crippen LogP contribution is -2.52. The SMILES string of the molecule is NS(=O)(=O)C1CC(=O)N(C2(c3ccc(Br)cc3)CCC2)C1. The minimum Gasteiger partial charge on any atom is -0.332 e. The highest BCUT2D eigenvalue weighted by atomic mass is 79.9. The van der Waals surface area contributed by atoms with Crippen LogP contribution in [0.4, 0.5) is 0 Å². The predicted octanol–water partition coefficient (Wildman–Crippen LogP) is 1.72. The van der Waals surface area contributed by atoms with Crippen molar-refractivity contribution in [2.75, 3.05) is 6.54 Å². The number of carbonyl (C=O) groups excluding carboxylic acids is 1. The highest BCUT2D eigenvalue weighted by Gasteiger charge is 2.51. The summed E-state index contributed by atoms with van der Waals surface area (Å²) in [5.41, 5.74) is 0.720. The molecule has 2 fully saturated rings. The van der Waals surface area contributed by atoms with Crippen LogP contribution in [0.25, 0.3) is 0 Å². The fraction of sp³-hybridized carbons (Fsp3) is 0.500. The predicted molar refractivity (Wildman–Crippen MR) is 82.9 cm³/mol. The van der Waals surface area contributed by atoms with Crippen LogP contribution < -0.4 is 5.14 Å². The molecule has 1 aliphatic carbocycles. The van der Waals surface area contributed by atoms with Gasteiger partial charge in [-0.3, -0.25) is 4.79 Å². The van der Waals surface area contributed by atoms with E-state index in [0.29, 0.717) is 0 Å². The van der Waals surface area contributed by atoms with E-state index in [1.54, 1.807) is 4.90 Å². The van der Waals surface area contributed by atoms with Crippen LogP contribution in [0.5, 0.6) is 0 Å². The number of carbonyl (C=O) groups is 1. The number of hydrogen-bond acceptors (Lipinski definition) is 3. The third-order valence-electron chi connectivity index (χ3n) is 4.63. The number of sulfonamides is 1. The van der Waals surface area contributed by atoms with E-state index in [-0.39, 0.29) is 24.4 Å². The lowest BCUT2D eigenvalue weighted by molar-refractivity contribution is -0.137. The van der Waals surface area contributed by atoms with Crippen molar-refractivity contribution in [3.63, 3.8) is 0 Å². The van der Waals surface area contributed by atoms with Crippen molar-refractivity contribution in [3.05, 3.63) is 34.3 Å². The van der Waals surface area contributed by atoms with E-state index in [1.165, 1.54) is 0 Å². The second-order valence-corrected chi connectivity index (χ2v) is 8.57. The van der Waals surface area contributed by atoms with Gasteiger partial charge in [0.15, 0.2) is 0 Å². The van der Waals surface area contributed by atoms with Crippen molar-refractivity contribution in [2.24, 2.45) is 5.14 Å². The summed E-state index contributed by atoms with van der Waals surface area (Å²) < 4.78 is 24.0. The number of nitrogens with two attached hydrogens (primary N) is 1. The van der Waals surface area contributed by atoms with Crippen molar-refractivity contribution in [1.29, 1.82) is 0 Å². The van der Waals surface area contributed by atoms with Crippen LogP contribution in [0, 0.1) is 0 Å². The Morgan fingerprint density at radius 3 is 2.29 bits per heavy atom. The van der Waals surface area contributed by atoms with Gasteiger partial charge in [0.1, 0.15) is 5.25 Å². The van der Waals surface area contributed by atoms with E-state index >= 15 is 0 Å². The van der Waals surface area contributed by atoms with Gasteiger partial charge in [-0.1, -0.05) is 28.1 Å². The van der Waals surface area contributed by atoms with Crippen LogP contribution in [0.1, 0.15) is 31.2 Å². The van der Waals surface area contributed by atoms with E-state index in [0.717, 1.165) is 29.3 Å². The Morgan fingerprint density at radius 1 is 1.24 bits per heavy atom. The summed E-state index contributed by atoms with van der Waals surface area (Å²) in [7, 11) is -3.67. The molecule has 1 atom stereocenters. The van der Waals surface area contributed by atoms with Gasteiger partial charge in [-0.2, -0.15) is 0 Å². The standard InChI is InChI=1S/C14H17BrN2O3S/c15-11-4-2-10(3-5-11)14(6-1-7-14)17-9-12(8-13(17)18)21(16,19)20/h2-5,12H,1,6-9H2,(H2,16,19,20). The molecule has 1 aromatic carbocycles. The lowest BCUT2D eigenvalue weighted by Gasteiger charge is -2.49. The molecule has 0 bridgehead atoms. The molecule has 1 amide bonds. The maximum atomic E-state index is 12.3. The van der Waals surface area contributed by atoms with Crippen LogP contribution >= 0.6 is 15.9 Å². The Morgan fingerprint density at radius 2 is 1.86 bits per heavy atom. The van der Waals surface area contributed by atoms with Crippen molar-refractivity contribution in [2.45, 2.75) is 36.5 Å². The molecule has 0 radical (unpaired) electrons. The summed E-state index contributed by atoms with van der Waals surface area (Å²) >= 11 is 3.41. The van der Waals surface area contributed by atoms with Gasteiger partial charge in [-0.25, -0.2) is 13.6 Å². The molecular formula is C14H17BrN2O3S. The zero-order chi connectivity index (χ0) is 15.3. The van der Waals surface area contributed by atoms with Crippen molar-refractivity contribution >= 4 is 31.9 Å². The highest BCUT2D eigenvalue weighted by molar-refractivity contribution is 9.10. The third kappa shape index (κ3) is 2.51. The molecule has 0 spiro atoms. The third-order valence-corrected chi connectivity index (χ3v) is 6.41. The smallest absolute Gasteiger partial charge is 0.224 e. The summed E-state index contributed by atoms with van der Waals surface area (Å²) in [5.74, 6) is -0.114. The first-order chi connectivity index (χ1) is 9.83. The van der Waals surface area contributed by atoms with Crippen LogP contribution in [-0.2, 0) is 20.4 Å². The van der Waals surface area contributed by atoms with Crippen LogP contribution in [0.2, 0.25) is 0 Å². The number of halogens is 1. The van der Waals surface area contributed by atoms with Crippen molar-refractivity contribution in [1.82, 2.24) is 4.90 Å². The molecule has 2 aliphatic rings. The van der Waals surface area contributed by atoms with Crippen LogP contribution in [0.15, 0.2) is 28.7 Å². The summed E-state index contributed by atoms with van der Waals surface area (Å²) in [5, 5.41) is 4.43. The molecule has 1 saturated carbocycles. The molecule has 1 heterocycles. The first-order valence-corrected chi connectivity index (χ1v) is 9.31.